The van der Waals surface area contributed by atoms with E-state index in [1.54, 1.807) is 4.68 Å². The number of hydrogen-bond acceptors (Lipinski definition) is 1. The molecule has 68 valence electrons. The van der Waals surface area contributed by atoms with Gasteiger partial charge in [0.05, 0.1) is 5.69 Å². The van der Waals surface area contributed by atoms with E-state index in [1.165, 1.54) is 0 Å². The van der Waals surface area contributed by atoms with Gasteiger partial charge in [0.2, 0.25) is 0 Å². The van der Waals surface area contributed by atoms with Gasteiger partial charge < -0.3 is 0 Å². The van der Waals surface area contributed by atoms with E-state index in [0.29, 0.717) is 16.9 Å². The largest absolute Gasteiger partial charge is 0.298 e. The van der Waals surface area contributed by atoms with Gasteiger partial charge in [0, 0.05) is 6.54 Å². The molecule has 12 heavy (non-hydrogen) atoms. The second-order valence-electron chi connectivity index (χ2n) is 3.04. The lowest BCUT2D eigenvalue weighted by atomic mass is 10.1. The summed E-state index contributed by atoms with van der Waals surface area (Å²) in [5.41, 5.74) is 1.00. The van der Waals surface area contributed by atoms with Crippen LogP contribution in [0.3, 0.4) is 0 Å². The third kappa shape index (κ3) is 1.48. The van der Waals surface area contributed by atoms with Crippen LogP contribution in [0.2, 0.25) is 0 Å². The summed E-state index contributed by atoms with van der Waals surface area (Å²) >= 11 is 3.28. The van der Waals surface area contributed by atoms with Crippen LogP contribution in [0.1, 0.15) is 32.4 Å². The van der Waals surface area contributed by atoms with Gasteiger partial charge in [-0.2, -0.15) is 0 Å². The number of rotatable bonds is 2. The van der Waals surface area contributed by atoms with Crippen LogP contribution >= 0.6 is 15.9 Å². The molecule has 0 aliphatic carbocycles. The minimum Gasteiger partial charge on any atom is -0.298 e. The Morgan fingerprint density at radius 1 is 1.58 bits per heavy atom. The van der Waals surface area contributed by atoms with Crippen molar-refractivity contribution in [1.82, 2.24) is 9.78 Å². The maximum absolute atomic E-state index is 11.4. The highest BCUT2D eigenvalue weighted by Gasteiger charge is 2.12. The number of hydrogen-bond donors (Lipinski definition) is 1. The van der Waals surface area contributed by atoms with Crippen molar-refractivity contribution in [3.05, 3.63) is 20.5 Å². The van der Waals surface area contributed by atoms with Crippen LogP contribution in [-0.2, 0) is 6.54 Å². The number of aromatic amines is 1. The third-order valence-electron chi connectivity index (χ3n) is 1.82. The number of aromatic nitrogens is 2. The highest BCUT2D eigenvalue weighted by molar-refractivity contribution is 9.10. The molecule has 3 nitrogen and oxygen atoms in total. The molecule has 0 unspecified atom stereocenters. The minimum absolute atomic E-state index is 0.0289. The molecule has 0 saturated carbocycles. The summed E-state index contributed by atoms with van der Waals surface area (Å²) < 4.78 is 2.26. The fraction of sp³-hybridized carbons (Fsp3) is 0.625. The third-order valence-corrected chi connectivity index (χ3v) is 2.58. The summed E-state index contributed by atoms with van der Waals surface area (Å²) in [6, 6.07) is 0. The summed E-state index contributed by atoms with van der Waals surface area (Å²) in [5.74, 6) is 0.347. The molecule has 0 fully saturated rings. The van der Waals surface area contributed by atoms with Gasteiger partial charge in [-0.3, -0.25) is 14.6 Å². The number of aryl methyl sites for hydroxylation is 1. The summed E-state index contributed by atoms with van der Waals surface area (Å²) in [6.45, 7) is 6.73. The Kier molecular flexibility index (Phi) is 2.77. The van der Waals surface area contributed by atoms with Crippen LogP contribution in [0.4, 0.5) is 0 Å². The van der Waals surface area contributed by atoms with Crippen LogP contribution in [0.25, 0.3) is 0 Å². The molecule has 4 heteroatoms. The quantitative estimate of drug-likeness (QED) is 0.834. The van der Waals surface area contributed by atoms with Crippen molar-refractivity contribution >= 4 is 15.9 Å². The van der Waals surface area contributed by atoms with E-state index in [2.05, 4.69) is 34.9 Å². The lowest BCUT2D eigenvalue weighted by Gasteiger charge is -2.00. The van der Waals surface area contributed by atoms with Crippen molar-refractivity contribution in [2.24, 2.45) is 0 Å². The molecular weight excluding hydrogens is 220 g/mol. The van der Waals surface area contributed by atoms with Crippen LogP contribution < -0.4 is 5.56 Å². The monoisotopic (exact) mass is 232 g/mol. The van der Waals surface area contributed by atoms with E-state index < -0.39 is 0 Å². The molecule has 0 bridgehead atoms. The van der Waals surface area contributed by atoms with Gasteiger partial charge in [-0.1, -0.05) is 13.8 Å². The van der Waals surface area contributed by atoms with Crippen LogP contribution in [-0.4, -0.2) is 9.78 Å². The second-order valence-corrected chi connectivity index (χ2v) is 3.84. The first-order valence-corrected chi connectivity index (χ1v) is 4.85. The number of halogens is 1. The maximum atomic E-state index is 11.4. The van der Waals surface area contributed by atoms with Gasteiger partial charge in [0.25, 0.3) is 5.56 Å². The standard InChI is InChI=1S/C8H13BrN2O/c1-4-11-8(12)6(9)7(10-11)5(2)3/h5,10H,4H2,1-3H3. The zero-order valence-electron chi connectivity index (χ0n) is 7.52. The molecule has 1 aromatic heterocycles. The lowest BCUT2D eigenvalue weighted by Crippen LogP contribution is -2.15. The first kappa shape index (κ1) is 9.58. The molecular formula is C8H13BrN2O. The average molecular weight is 233 g/mol. The average Bonchev–Trinajstić information content (AvgIpc) is 2.30. The van der Waals surface area contributed by atoms with E-state index in [-0.39, 0.29) is 5.56 Å². The van der Waals surface area contributed by atoms with Gasteiger partial charge in [-0.05, 0) is 28.8 Å². The molecule has 1 rings (SSSR count). The topological polar surface area (TPSA) is 37.8 Å². The Hall–Kier alpha value is -0.510. The SMILES string of the molecule is CCn1[nH]c(C(C)C)c(Br)c1=O. The van der Waals surface area contributed by atoms with Crippen LogP contribution in [0.5, 0.6) is 0 Å². The molecule has 1 aromatic rings. The molecule has 0 amide bonds. The van der Waals surface area contributed by atoms with E-state index in [9.17, 15) is 4.79 Å². The predicted molar refractivity (Wildman–Crippen MR) is 52.5 cm³/mol. The zero-order chi connectivity index (χ0) is 9.30. The van der Waals surface area contributed by atoms with Crippen LogP contribution in [0.15, 0.2) is 9.27 Å². The first-order chi connectivity index (χ1) is 5.57. The molecule has 1 heterocycles. The molecule has 1 N–H and O–H groups in total. The van der Waals surface area contributed by atoms with E-state index in [0.717, 1.165) is 5.69 Å². The van der Waals surface area contributed by atoms with Crippen molar-refractivity contribution in [2.75, 3.05) is 0 Å². The Morgan fingerprint density at radius 3 is 2.42 bits per heavy atom. The van der Waals surface area contributed by atoms with Crippen molar-refractivity contribution in [2.45, 2.75) is 33.2 Å². The smallest absolute Gasteiger partial charge is 0.281 e. The molecule has 0 radical (unpaired) electrons. The highest BCUT2D eigenvalue weighted by atomic mass is 79.9. The van der Waals surface area contributed by atoms with Crippen molar-refractivity contribution < 1.29 is 0 Å². The summed E-state index contributed by atoms with van der Waals surface area (Å²) in [7, 11) is 0. The summed E-state index contributed by atoms with van der Waals surface area (Å²) in [4.78, 5) is 11.4. The maximum Gasteiger partial charge on any atom is 0.281 e. The highest BCUT2D eigenvalue weighted by Crippen LogP contribution is 2.18. The predicted octanol–water partition coefficient (Wildman–Crippen LogP) is 2.08. The van der Waals surface area contributed by atoms with Gasteiger partial charge in [-0.15, -0.1) is 0 Å². The van der Waals surface area contributed by atoms with Crippen molar-refractivity contribution in [3.8, 4) is 0 Å². The summed E-state index contributed by atoms with van der Waals surface area (Å²) in [6.07, 6.45) is 0. The Bertz CT molecular complexity index is 324. The second kappa shape index (κ2) is 3.47. The molecule has 0 saturated heterocycles. The van der Waals surface area contributed by atoms with E-state index in [4.69, 9.17) is 0 Å². The molecule has 0 aliphatic heterocycles. The zero-order valence-corrected chi connectivity index (χ0v) is 9.10. The Balaban J connectivity index is 3.25. The van der Waals surface area contributed by atoms with Crippen molar-refractivity contribution in [3.63, 3.8) is 0 Å². The van der Waals surface area contributed by atoms with E-state index in [1.807, 2.05) is 6.92 Å². The van der Waals surface area contributed by atoms with Crippen LogP contribution in [0, 0.1) is 0 Å². The van der Waals surface area contributed by atoms with Gasteiger partial charge in [0.1, 0.15) is 4.47 Å². The molecule has 0 aliphatic rings. The number of nitrogens with one attached hydrogen (secondary N) is 1. The lowest BCUT2D eigenvalue weighted by molar-refractivity contribution is 0.618. The van der Waals surface area contributed by atoms with Gasteiger partial charge in [-0.25, -0.2) is 0 Å². The number of H-pyrrole nitrogens is 1. The van der Waals surface area contributed by atoms with Crippen molar-refractivity contribution in [1.29, 1.82) is 0 Å². The molecule has 0 spiro atoms. The summed E-state index contributed by atoms with van der Waals surface area (Å²) in [5, 5.41) is 3.06. The fourth-order valence-electron chi connectivity index (χ4n) is 1.08. The normalized spacial score (nSPS) is 11.1. The number of nitrogens with zero attached hydrogens (tertiary/aromatic N) is 1. The minimum atomic E-state index is 0.0289. The Labute approximate surface area is 79.9 Å². The fourth-order valence-corrected chi connectivity index (χ4v) is 1.84. The van der Waals surface area contributed by atoms with E-state index >= 15 is 0 Å². The first-order valence-electron chi connectivity index (χ1n) is 4.06. The van der Waals surface area contributed by atoms with Gasteiger partial charge in [0.15, 0.2) is 0 Å². The Morgan fingerprint density at radius 2 is 2.17 bits per heavy atom. The van der Waals surface area contributed by atoms with Gasteiger partial charge >= 0.3 is 0 Å². The molecule has 0 aromatic carbocycles. The molecule has 0 atom stereocenters.